The Bertz CT molecular complexity index is 1020. The Hall–Kier alpha value is -3.35. The largest absolute Gasteiger partial charge is 0.466 e. The first-order valence-corrected chi connectivity index (χ1v) is 8.61. The van der Waals surface area contributed by atoms with Crippen LogP contribution in [-0.2, 0) is 16.9 Å². The molecule has 1 fully saturated rings. The van der Waals surface area contributed by atoms with Crippen molar-refractivity contribution in [2.75, 3.05) is 0 Å². The molecular weight excluding hydrogens is 346 g/mol. The van der Waals surface area contributed by atoms with Gasteiger partial charge >= 0.3 is 6.03 Å². The summed E-state index contributed by atoms with van der Waals surface area (Å²) in [7, 11) is 0. The summed E-state index contributed by atoms with van der Waals surface area (Å²) in [6.45, 7) is 5.27. The van der Waals surface area contributed by atoms with Gasteiger partial charge in [0.2, 0.25) is 0 Å². The minimum atomic E-state index is -1.17. The molecule has 3 heterocycles. The molecule has 0 radical (unpaired) electrons. The fourth-order valence-corrected chi connectivity index (χ4v) is 3.44. The highest BCUT2D eigenvalue weighted by Crippen LogP contribution is 2.33. The van der Waals surface area contributed by atoms with Crippen LogP contribution < -0.4 is 5.32 Å². The minimum absolute atomic E-state index is 0.00989. The van der Waals surface area contributed by atoms with Crippen molar-refractivity contribution >= 4 is 11.9 Å². The van der Waals surface area contributed by atoms with Crippen molar-refractivity contribution in [1.29, 1.82) is 0 Å². The van der Waals surface area contributed by atoms with Crippen LogP contribution in [0.1, 0.15) is 29.8 Å². The number of furan rings is 1. The monoisotopic (exact) mass is 365 g/mol. The number of carbonyl (C=O) groups excluding carboxylic acids is 2. The highest BCUT2D eigenvalue weighted by Gasteiger charge is 2.50. The third-order valence-corrected chi connectivity index (χ3v) is 4.80. The van der Waals surface area contributed by atoms with Gasteiger partial charge in [-0.25, -0.2) is 4.79 Å². The first-order chi connectivity index (χ1) is 12.9. The fraction of sp³-hybridized carbons (Fsp3) is 0.250. The number of hydrogen-bond acceptors (Lipinski definition) is 5. The summed E-state index contributed by atoms with van der Waals surface area (Å²) in [5.41, 5.74) is 1.05. The summed E-state index contributed by atoms with van der Waals surface area (Å²) >= 11 is 0. The highest BCUT2D eigenvalue weighted by molar-refractivity contribution is 6.07. The molecule has 27 heavy (non-hydrogen) atoms. The maximum absolute atomic E-state index is 13.0. The minimum Gasteiger partial charge on any atom is -0.466 e. The molecule has 1 aromatic carbocycles. The van der Waals surface area contributed by atoms with E-state index in [0.717, 1.165) is 10.5 Å². The Kier molecular flexibility index (Phi) is 3.87. The topological polar surface area (TPSA) is 88.6 Å². The number of nitrogens with one attached hydrogen (secondary N) is 1. The van der Waals surface area contributed by atoms with Gasteiger partial charge in [0.15, 0.2) is 5.76 Å². The summed E-state index contributed by atoms with van der Waals surface area (Å²) in [6.07, 6.45) is 0. The molecule has 2 aromatic heterocycles. The molecule has 0 aliphatic carbocycles. The van der Waals surface area contributed by atoms with Gasteiger partial charge in [0.1, 0.15) is 22.8 Å². The van der Waals surface area contributed by atoms with Crippen molar-refractivity contribution in [3.05, 3.63) is 65.3 Å². The molecule has 3 amide bonds. The summed E-state index contributed by atoms with van der Waals surface area (Å²) < 4.78 is 10.9. The number of urea groups is 1. The molecule has 1 N–H and O–H groups in total. The quantitative estimate of drug-likeness (QED) is 0.715. The van der Waals surface area contributed by atoms with Gasteiger partial charge in [-0.1, -0.05) is 35.5 Å². The van der Waals surface area contributed by atoms with Gasteiger partial charge in [0, 0.05) is 17.2 Å². The second kappa shape index (κ2) is 6.12. The first-order valence-electron chi connectivity index (χ1n) is 8.61. The number of hydrogen-bond donors (Lipinski definition) is 1. The third kappa shape index (κ3) is 2.81. The van der Waals surface area contributed by atoms with Crippen LogP contribution in [0.4, 0.5) is 4.79 Å². The van der Waals surface area contributed by atoms with E-state index in [4.69, 9.17) is 8.94 Å². The first kappa shape index (κ1) is 17.1. The van der Waals surface area contributed by atoms with Crippen molar-refractivity contribution in [3.8, 4) is 11.3 Å². The van der Waals surface area contributed by atoms with Crippen LogP contribution in [-0.4, -0.2) is 22.0 Å². The molecule has 1 unspecified atom stereocenters. The van der Waals surface area contributed by atoms with Gasteiger partial charge in [-0.2, -0.15) is 0 Å². The lowest BCUT2D eigenvalue weighted by Gasteiger charge is -2.20. The van der Waals surface area contributed by atoms with Crippen LogP contribution in [0.3, 0.4) is 0 Å². The maximum Gasteiger partial charge on any atom is 0.325 e. The van der Waals surface area contributed by atoms with Crippen LogP contribution >= 0.6 is 0 Å². The van der Waals surface area contributed by atoms with E-state index in [-0.39, 0.29) is 12.5 Å². The lowest BCUT2D eigenvalue weighted by Crippen LogP contribution is -2.41. The standard InChI is InChI=1S/C20H19N3O4/c1-12-9-16(13(2)26-12)20(3)18(24)23(19(25)21-20)11-15-10-17(22-27-15)14-7-5-4-6-8-14/h4-10H,11H2,1-3H3,(H,21,25). The molecule has 0 bridgehead atoms. The molecule has 0 saturated carbocycles. The molecule has 1 atom stereocenters. The van der Waals surface area contributed by atoms with Crippen LogP contribution in [0, 0.1) is 13.8 Å². The third-order valence-electron chi connectivity index (χ3n) is 4.80. The Labute approximate surface area is 155 Å². The number of carbonyl (C=O) groups is 2. The van der Waals surface area contributed by atoms with Crippen molar-refractivity contribution in [2.24, 2.45) is 0 Å². The summed E-state index contributed by atoms with van der Waals surface area (Å²) in [5, 5.41) is 6.81. The van der Waals surface area contributed by atoms with E-state index in [1.54, 1.807) is 32.9 Å². The predicted octanol–water partition coefficient (Wildman–Crippen LogP) is 3.52. The lowest BCUT2D eigenvalue weighted by atomic mass is 9.92. The lowest BCUT2D eigenvalue weighted by molar-refractivity contribution is -0.131. The molecule has 1 aliphatic heterocycles. The highest BCUT2D eigenvalue weighted by atomic mass is 16.5. The number of aromatic nitrogens is 1. The zero-order chi connectivity index (χ0) is 19.2. The predicted molar refractivity (Wildman–Crippen MR) is 96.6 cm³/mol. The van der Waals surface area contributed by atoms with Gasteiger partial charge in [-0.05, 0) is 26.8 Å². The fourth-order valence-electron chi connectivity index (χ4n) is 3.44. The van der Waals surface area contributed by atoms with E-state index < -0.39 is 11.6 Å². The van der Waals surface area contributed by atoms with Gasteiger partial charge in [0.05, 0.1) is 6.54 Å². The molecular formula is C20H19N3O4. The van der Waals surface area contributed by atoms with Crippen molar-refractivity contribution in [1.82, 2.24) is 15.4 Å². The normalized spacial score (nSPS) is 19.6. The summed E-state index contributed by atoms with van der Waals surface area (Å²) in [5.74, 6) is 1.37. The molecule has 4 rings (SSSR count). The Morgan fingerprint density at radius 1 is 1.15 bits per heavy atom. The average molecular weight is 365 g/mol. The summed E-state index contributed by atoms with van der Waals surface area (Å²) in [6, 6.07) is 12.6. The van der Waals surface area contributed by atoms with Crippen LogP contribution in [0.15, 0.2) is 51.4 Å². The SMILES string of the molecule is Cc1cc(C2(C)NC(=O)N(Cc3cc(-c4ccccc4)no3)C2=O)c(C)o1. The van der Waals surface area contributed by atoms with E-state index in [2.05, 4.69) is 10.5 Å². The van der Waals surface area contributed by atoms with E-state index in [0.29, 0.717) is 28.5 Å². The van der Waals surface area contributed by atoms with Crippen molar-refractivity contribution < 1.29 is 18.5 Å². The molecule has 1 aliphatic rings. The molecule has 1 saturated heterocycles. The van der Waals surface area contributed by atoms with Gasteiger partial charge in [0.25, 0.3) is 5.91 Å². The van der Waals surface area contributed by atoms with Crippen molar-refractivity contribution in [3.63, 3.8) is 0 Å². The van der Waals surface area contributed by atoms with Crippen molar-refractivity contribution in [2.45, 2.75) is 32.9 Å². The molecule has 0 spiro atoms. The smallest absolute Gasteiger partial charge is 0.325 e. The molecule has 138 valence electrons. The van der Waals surface area contributed by atoms with Crippen LogP contribution in [0.2, 0.25) is 0 Å². The second-order valence-electron chi connectivity index (χ2n) is 6.82. The van der Waals surface area contributed by atoms with E-state index in [9.17, 15) is 9.59 Å². The average Bonchev–Trinajstić information content (AvgIpc) is 3.30. The Morgan fingerprint density at radius 3 is 2.56 bits per heavy atom. The Morgan fingerprint density at radius 2 is 1.89 bits per heavy atom. The second-order valence-corrected chi connectivity index (χ2v) is 6.82. The number of nitrogens with zero attached hydrogens (tertiary/aromatic N) is 2. The maximum atomic E-state index is 13.0. The zero-order valence-corrected chi connectivity index (χ0v) is 15.3. The van der Waals surface area contributed by atoms with Gasteiger partial charge in [-0.15, -0.1) is 0 Å². The summed E-state index contributed by atoms with van der Waals surface area (Å²) in [4.78, 5) is 26.6. The van der Waals surface area contributed by atoms with E-state index >= 15 is 0 Å². The Balaban J connectivity index is 1.59. The number of rotatable bonds is 4. The number of amides is 3. The molecule has 3 aromatic rings. The number of aryl methyl sites for hydroxylation is 2. The van der Waals surface area contributed by atoms with E-state index in [1.165, 1.54) is 0 Å². The van der Waals surface area contributed by atoms with Crippen LogP contribution in [0.25, 0.3) is 11.3 Å². The van der Waals surface area contributed by atoms with E-state index in [1.807, 2.05) is 30.3 Å². The number of benzene rings is 1. The molecule has 7 nitrogen and oxygen atoms in total. The van der Waals surface area contributed by atoms with Gasteiger partial charge < -0.3 is 14.3 Å². The number of imide groups is 1. The zero-order valence-electron chi connectivity index (χ0n) is 15.3. The van der Waals surface area contributed by atoms with Crippen LogP contribution in [0.5, 0.6) is 0 Å². The molecule has 7 heteroatoms. The van der Waals surface area contributed by atoms with Gasteiger partial charge in [-0.3, -0.25) is 9.69 Å².